The highest BCUT2D eigenvalue weighted by atomic mass is 16.4. The highest BCUT2D eigenvalue weighted by Crippen LogP contribution is 2.24. The Bertz CT molecular complexity index is 637. The Kier molecular flexibility index (Phi) is 5.30. The minimum atomic E-state index is -0.920. The standard InChI is InChI=1S/C16H19N3O3/c1-2-19-9-8-14(18-19)17-15(20)10-13(11-16(21)22)12-6-4-3-5-7-12/h3-9,13H,2,10-11H2,1H3,(H,21,22)(H,17,18,20). The van der Waals surface area contributed by atoms with E-state index in [4.69, 9.17) is 5.11 Å². The van der Waals surface area contributed by atoms with Crippen molar-refractivity contribution >= 4 is 17.7 Å². The Balaban J connectivity index is 2.03. The van der Waals surface area contributed by atoms with Crippen molar-refractivity contribution in [1.82, 2.24) is 9.78 Å². The maximum absolute atomic E-state index is 12.1. The van der Waals surface area contributed by atoms with Crippen molar-refractivity contribution in [1.29, 1.82) is 0 Å². The summed E-state index contributed by atoms with van der Waals surface area (Å²) in [5, 5.41) is 15.9. The monoisotopic (exact) mass is 301 g/mol. The lowest BCUT2D eigenvalue weighted by Gasteiger charge is -2.14. The topological polar surface area (TPSA) is 84.2 Å². The van der Waals surface area contributed by atoms with Crippen molar-refractivity contribution in [2.24, 2.45) is 0 Å². The number of hydrogen-bond donors (Lipinski definition) is 2. The Hall–Kier alpha value is -2.63. The number of carboxylic acids is 1. The molecule has 0 spiro atoms. The number of carbonyl (C=O) groups excluding carboxylic acids is 1. The molecule has 0 aliphatic carbocycles. The number of nitrogens with one attached hydrogen (secondary N) is 1. The third-order valence-corrected chi connectivity index (χ3v) is 3.36. The van der Waals surface area contributed by atoms with Gasteiger partial charge >= 0.3 is 5.97 Å². The van der Waals surface area contributed by atoms with Gasteiger partial charge in [-0.15, -0.1) is 0 Å². The third kappa shape index (κ3) is 4.44. The first-order chi connectivity index (χ1) is 10.6. The van der Waals surface area contributed by atoms with Gasteiger partial charge in [-0.05, 0) is 12.5 Å². The van der Waals surface area contributed by atoms with Crippen LogP contribution < -0.4 is 5.32 Å². The minimum Gasteiger partial charge on any atom is -0.481 e. The molecule has 0 bridgehead atoms. The van der Waals surface area contributed by atoms with E-state index >= 15 is 0 Å². The van der Waals surface area contributed by atoms with Gasteiger partial charge in [-0.25, -0.2) is 0 Å². The Morgan fingerprint density at radius 3 is 2.55 bits per heavy atom. The van der Waals surface area contributed by atoms with Crippen LogP contribution in [0, 0.1) is 0 Å². The summed E-state index contributed by atoms with van der Waals surface area (Å²) >= 11 is 0. The molecule has 2 N–H and O–H groups in total. The van der Waals surface area contributed by atoms with Crippen LogP contribution >= 0.6 is 0 Å². The summed E-state index contributed by atoms with van der Waals surface area (Å²) in [5.74, 6) is -1.03. The van der Waals surface area contributed by atoms with Crippen molar-refractivity contribution in [2.45, 2.75) is 32.2 Å². The van der Waals surface area contributed by atoms with Gasteiger partial charge in [0.05, 0.1) is 6.42 Å². The molecule has 0 saturated heterocycles. The van der Waals surface area contributed by atoms with Gasteiger partial charge in [-0.3, -0.25) is 14.3 Å². The van der Waals surface area contributed by atoms with Crippen molar-refractivity contribution in [2.75, 3.05) is 5.32 Å². The minimum absolute atomic E-state index is 0.0825. The van der Waals surface area contributed by atoms with Crippen LogP contribution in [0.5, 0.6) is 0 Å². The molecule has 6 heteroatoms. The van der Waals surface area contributed by atoms with E-state index in [0.29, 0.717) is 5.82 Å². The maximum atomic E-state index is 12.1. The van der Waals surface area contributed by atoms with Gasteiger partial charge in [0.25, 0.3) is 0 Å². The molecule has 1 unspecified atom stereocenters. The van der Waals surface area contributed by atoms with Crippen molar-refractivity contribution < 1.29 is 14.7 Å². The van der Waals surface area contributed by atoms with Gasteiger partial charge in [0.15, 0.2) is 5.82 Å². The van der Waals surface area contributed by atoms with Crippen molar-refractivity contribution in [3.63, 3.8) is 0 Å². The molecule has 1 atom stereocenters. The number of anilines is 1. The van der Waals surface area contributed by atoms with Crippen LogP contribution in [0.15, 0.2) is 42.6 Å². The van der Waals surface area contributed by atoms with Gasteiger partial charge in [0.2, 0.25) is 5.91 Å². The van der Waals surface area contributed by atoms with Crippen LogP contribution in [0.3, 0.4) is 0 Å². The summed E-state index contributed by atoms with van der Waals surface area (Å²) in [4.78, 5) is 23.1. The second kappa shape index (κ2) is 7.40. The predicted octanol–water partition coefficient (Wildman–Crippen LogP) is 2.49. The molecule has 0 aliphatic heterocycles. The molecule has 1 aromatic heterocycles. The highest BCUT2D eigenvalue weighted by molar-refractivity contribution is 5.90. The first-order valence-electron chi connectivity index (χ1n) is 7.18. The number of carboxylic acid groups (broad SMARTS) is 1. The van der Waals surface area contributed by atoms with Gasteiger partial charge in [0.1, 0.15) is 0 Å². The first kappa shape index (κ1) is 15.8. The molecule has 1 amide bonds. The Morgan fingerprint density at radius 1 is 1.23 bits per heavy atom. The summed E-state index contributed by atoms with van der Waals surface area (Å²) in [6.07, 6.45) is 1.80. The molecule has 1 aromatic carbocycles. The fourth-order valence-corrected chi connectivity index (χ4v) is 2.27. The lowest BCUT2D eigenvalue weighted by Crippen LogP contribution is -2.18. The van der Waals surface area contributed by atoms with Crippen LogP contribution in [0.1, 0.15) is 31.2 Å². The summed E-state index contributed by atoms with van der Waals surface area (Å²) in [5.41, 5.74) is 0.846. The molecular weight excluding hydrogens is 282 g/mol. The molecule has 0 aliphatic rings. The second-order valence-electron chi connectivity index (χ2n) is 5.01. The molecule has 1 heterocycles. The number of rotatable bonds is 7. The van der Waals surface area contributed by atoms with Gasteiger partial charge in [-0.1, -0.05) is 30.3 Å². The fourth-order valence-electron chi connectivity index (χ4n) is 2.27. The second-order valence-corrected chi connectivity index (χ2v) is 5.01. The van der Waals surface area contributed by atoms with E-state index < -0.39 is 5.97 Å². The number of aliphatic carboxylic acids is 1. The molecule has 2 rings (SSSR count). The molecule has 0 saturated carbocycles. The summed E-state index contributed by atoms with van der Waals surface area (Å²) in [7, 11) is 0. The summed E-state index contributed by atoms with van der Waals surface area (Å²) in [6.45, 7) is 2.68. The predicted molar refractivity (Wildman–Crippen MR) is 82.6 cm³/mol. The zero-order valence-electron chi connectivity index (χ0n) is 12.4. The number of hydrogen-bond acceptors (Lipinski definition) is 3. The molecular formula is C16H19N3O3. The number of benzene rings is 1. The number of amides is 1. The largest absolute Gasteiger partial charge is 0.481 e. The highest BCUT2D eigenvalue weighted by Gasteiger charge is 2.19. The van der Waals surface area contributed by atoms with Crippen LogP contribution in [0.4, 0.5) is 5.82 Å². The molecule has 116 valence electrons. The zero-order chi connectivity index (χ0) is 15.9. The maximum Gasteiger partial charge on any atom is 0.303 e. The van der Waals surface area contributed by atoms with E-state index in [9.17, 15) is 9.59 Å². The van der Waals surface area contributed by atoms with E-state index in [1.54, 1.807) is 16.9 Å². The summed E-state index contributed by atoms with van der Waals surface area (Å²) in [6, 6.07) is 10.9. The Labute approximate surface area is 128 Å². The molecule has 0 fully saturated rings. The van der Waals surface area contributed by atoms with E-state index in [1.807, 2.05) is 37.3 Å². The number of carbonyl (C=O) groups is 2. The quantitative estimate of drug-likeness (QED) is 0.823. The molecule has 6 nitrogen and oxygen atoms in total. The molecule has 2 aromatic rings. The zero-order valence-corrected chi connectivity index (χ0v) is 12.4. The number of aromatic nitrogens is 2. The summed E-state index contributed by atoms with van der Waals surface area (Å²) < 4.78 is 1.71. The normalized spacial score (nSPS) is 11.9. The van der Waals surface area contributed by atoms with Crippen LogP contribution in [-0.4, -0.2) is 26.8 Å². The van der Waals surface area contributed by atoms with Gasteiger partial charge < -0.3 is 10.4 Å². The van der Waals surface area contributed by atoms with Crippen LogP contribution in [-0.2, 0) is 16.1 Å². The van der Waals surface area contributed by atoms with Gasteiger partial charge in [0, 0.05) is 31.1 Å². The lowest BCUT2D eigenvalue weighted by atomic mass is 9.92. The van der Waals surface area contributed by atoms with Crippen molar-refractivity contribution in [3.05, 3.63) is 48.2 Å². The van der Waals surface area contributed by atoms with Crippen LogP contribution in [0.2, 0.25) is 0 Å². The Morgan fingerprint density at radius 2 is 1.95 bits per heavy atom. The van der Waals surface area contributed by atoms with E-state index in [1.165, 1.54) is 0 Å². The third-order valence-electron chi connectivity index (χ3n) is 3.36. The van der Waals surface area contributed by atoms with Crippen molar-refractivity contribution in [3.8, 4) is 0 Å². The van der Waals surface area contributed by atoms with E-state index in [2.05, 4.69) is 10.4 Å². The van der Waals surface area contributed by atoms with Gasteiger partial charge in [-0.2, -0.15) is 5.10 Å². The number of nitrogens with zero attached hydrogens (tertiary/aromatic N) is 2. The average Bonchev–Trinajstić information content (AvgIpc) is 2.94. The fraction of sp³-hybridized carbons (Fsp3) is 0.312. The average molecular weight is 301 g/mol. The van der Waals surface area contributed by atoms with E-state index in [0.717, 1.165) is 12.1 Å². The smallest absolute Gasteiger partial charge is 0.303 e. The van der Waals surface area contributed by atoms with E-state index in [-0.39, 0.29) is 24.7 Å². The van der Waals surface area contributed by atoms with Crippen LogP contribution in [0.25, 0.3) is 0 Å². The SMILES string of the molecule is CCn1ccc(NC(=O)CC(CC(=O)O)c2ccccc2)n1. The lowest BCUT2D eigenvalue weighted by molar-refractivity contribution is -0.137. The number of aryl methyl sites for hydroxylation is 1. The molecule has 0 radical (unpaired) electrons. The first-order valence-corrected chi connectivity index (χ1v) is 7.18. The molecule has 22 heavy (non-hydrogen) atoms.